The van der Waals surface area contributed by atoms with Crippen molar-refractivity contribution in [3.63, 3.8) is 0 Å². The Bertz CT molecular complexity index is 401. The molecule has 1 heterocycles. The zero-order valence-electron chi connectivity index (χ0n) is 11.1. The molecule has 3 nitrogen and oxygen atoms in total. The molecular formula is C14H20FNO2. The molecule has 4 heteroatoms. The first kappa shape index (κ1) is 13.1. The number of ether oxygens (including phenoxy) is 2. The van der Waals surface area contributed by atoms with Gasteiger partial charge in [-0.25, -0.2) is 4.39 Å². The first-order valence-electron chi connectivity index (χ1n) is 6.34. The normalized spacial score (nSPS) is 27.9. The second-order valence-corrected chi connectivity index (χ2v) is 4.92. The van der Waals surface area contributed by atoms with E-state index in [2.05, 4.69) is 5.32 Å². The highest BCUT2D eigenvalue weighted by Crippen LogP contribution is 2.26. The Morgan fingerprint density at radius 2 is 1.94 bits per heavy atom. The zero-order chi connectivity index (χ0) is 13.1. The van der Waals surface area contributed by atoms with Crippen molar-refractivity contribution in [1.82, 2.24) is 0 Å². The van der Waals surface area contributed by atoms with Crippen LogP contribution in [0.25, 0.3) is 0 Å². The molecule has 1 N–H and O–H groups in total. The SMILES string of the molecule is COc1ccc(F)c(NC2CC(C)OC(C)C2)c1. The molecule has 0 radical (unpaired) electrons. The Hall–Kier alpha value is -1.29. The van der Waals surface area contributed by atoms with Gasteiger partial charge in [0.25, 0.3) is 0 Å². The van der Waals surface area contributed by atoms with Crippen molar-refractivity contribution in [2.24, 2.45) is 0 Å². The van der Waals surface area contributed by atoms with Crippen LogP contribution >= 0.6 is 0 Å². The molecule has 2 rings (SSSR count). The summed E-state index contributed by atoms with van der Waals surface area (Å²) < 4.78 is 24.5. The van der Waals surface area contributed by atoms with Crippen LogP contribution in [0.1, 0.15) is 26.7 Å². The number of hydrogen-bond donors (Lipinski definition) is 1. The van der Waals surface area contributed by atoms with Gasteiger partial charge in [0, 0.05) is 12.1 Å². The van der Waals surface area contributed by atoms with Crippen LogP contribution < -0.4 is 10.1 Å². The molecule has 0 aliphatic carbocycles. The third-order valence-corrected chi connectivity index (χ3v) is 3.23. The summed E-state index contributed by atoms with van der Waals surface area (Å²) in [5.41, 5.74) is 0.501. The van der Waals surface area contributed by atoms with Gasteiger partial charge in [0.05, 0.1) is 25.0 Å². The van der Waals surface area contributed by atoms with Gasteiger partial charge in [-0.2, -0.15) is 0 Å². The molecule has 100 valence electrons. The molecule has 2 atom stereocenters. The van der Waals surface area contributed by atoms with Crippen molar-refractivity contribution in [2.75, 3.05) is 12.4 Å². The van der Waals surface area contributed by atoms with Gasteiger partial charge in [0.15, 0.2) is 0 Å². The molecule has 0 amide bonds. The molecule has 0 aromatic heterocycles. The van der Waals surface area contributed by atoms with Crippen LogP contribution in [0.2, 0.25) is 0 Å². The van der Waals surface area contributed by atoms with Crippen LogP contribution in [-0.4, -0.2) is 25.4 Å². The van der Waals surface area contributed by atoms with E-state index in [1.807, 2.05) is 13.8 Å². The van der Waals surface area contributed by atoms with E-state index in [0.717, 1.165) is 12.8 Å². The average Bonchev–Trinajstić information content (AvgIpc) is 2.30. The third kappa shape index (κ3) is 3.13. The molecule has 2 unspecified atom stereocenters. The van der Waals surface area contributed by atoms with Gasteiger partial charge >= 0.3 is 0 Å². The van der Waals surface area contributed by atoms with E-state index >= 15 is 0 Å². The molecule has 1 aliphatic rings. The molecule has 1 aromatic rings. The van der Waals surface area contributed by atoms with Crippen molar-refractivity contribution in [1.29, 1.82) is 0 Å². The van der Waals surface area contributed by atoms with Crippen LogP contribution in [0.4, 0.5) is 10.1 Å². The summed E-state index contributed by atoms with van der Waals surface area (Å²) in [5, 5.41) is 3.25. The summed E-state index contributed by atoms with van der Waals surface area (Å²) in [6.07, 6.45) is 2.20. The maximum absolute atomic E-state index is 13.7. The second-order valence-electron chi connectivity index (χ2n) is 4.92. The number of benzene rings is 1. The summed E-state index contributed by atoms with van der Waals surface area (Å²) in [6.45, 7) is 4.10. The van der Waals surface area contributed by atoms with E-state index in [9.17, 15) is 4.39 Å². The second kappa shape index (κ2) is 5.57. The molecule has 0 bridgehead atoms. The van der Waals surface area contributed by atoms with Crippen LogP contribution in [-0.2, 0) is 4.74 Å². The number of methoxy groups -OCH3 is 1. The Kier molecular flexibility index (Phi) is 4.07. The van der Waals surface area contributed by atoms with Gasteiger partial charge < -0.3 is 14.8 Å². The Balaban J connectivity index is 2.08. The lowest BCUT2D eigenvalue weighted by Crippen LogP contribution is -2.37. The highest BCUT2D eigenvalue weighted by atomic mass is 19.1. The van der Waals surface area contributed by atoms with Crippen LogP contribution in [0.5, 0.6) is 5.75 Å². The van der Waals surface area contributed by atoms with Crippen molar-refractivity contribution in [3.05, 3.63) is 24.0 Å². The summed E-state index contributed by atoms with van der Waals surface area (Å²) in [4.78, 5) is 0. The molecule has 1 fully saturated rings. The first-order chi connectivity index (χ1) is 8.58. The van der Waals surface area contributed by atoms with Gasteiger partial charge in [0.2, 0.25) is 0 Å². The van der Waals surface area contributed by atoms with E-state index in [1.54, 1.807) is 19.2 Å². The van der Waals surface area contributed by atoms with Crippen LogP contribution in [0, 0.1) is 5.82 Å². The summed E-state index contributed by atoms with van der Waals surface area (Å²) in [7, 11) is 1.58. The average molecular weight is 253 g/mol. The Morgan fingerprint density at radius 3 is 2.56 bits per heavy atom. The number of anilines is 1. The topological polar surface area (TPSA) is 30.5 Å². The molecule has 0 spiro atoms. The molecule has 18 heavy (non-hydrogen) atoms. The van der Waals surface area contributed by atoms with Crippen LogP contribution in [0.3, 0.4) is 0 Å². The lowest BCUT2D eigenvalue weighted by atomic mass is 9.99. The fourth-order valence-electron chi connectivity index (χ4n) is 2.48. The molecule has 1 saturated heterocycles. The van der Waals surface area contributed by atoms with Crippen molar-refractivity contribution in [3.8, 4) is 5.75 Å². The minimum absolute atomic E-state index is 0.208. The molecular weight excluding hydrogens is 233 g/mol. The zero-order valence-corrected chi connectivity index (χ0v) is 11.1. The summed E-state index contributed by atoms with van der Waals surface area (Å²) in [5.74, 6) is 0.412. The Morgan fingerprint density at radius 1 is 1.28 bits per heavy atom. The lowest BCUT2D eigenvalue weighted by molar-refractivity contribution is -0.0338. The third-order valence-electron chi connectivity index (χ3n) is 3.23. The minimum Gasteiger partial charge on any atom is -0.497 e. The smallest absolute Gasteiger partial charge is 0.146 e. The standard InChI is InChI=1S/C14H20FNO2/c1-9-6-11(7-10(2)18-9)16-14-8-12(17-3)4-5-13(14)15/h4-5,8-11,16H,6-7H2,1-3H3. The van der Waals surface area contributed by atoms with Gasteiger partial charge in [-0.1, -0.05) is 0 Å². The predicted molar refractivity (Wildman–Crippen MR) is 69.6 cm³/mol. The first-order valence-corrected chi connectivity index (χ1v) is 6.34. The maximum atomic E-state index is 13.7. The highest BCUT2D eigenvalue weighted by Gasteiger charge is 2.24. The number of hydrogen-bond acceptors (Lipinski definition) is 3. The highest BCUT2D eigenvalue weighted by molar-refractivity contribution is 5.50. The number of nitrogens with one attached hydrogen (secondary N) is 1. The van der Waals surface area contributed by atoms with E-state index in [0.29, 0.717) is 11.4 Å². The lowest BCUT2D eigenvalue weighted by Gasteiger charge is -2.33. The Labute approximate surface area is 107 Å². The van der Waals surface area contributed by atoms with Gasteiger partial charge in [0.1, 0.15) is 11.6 Å². The predicted octanol–water partition coefficient (Wildman–Crippen LogP) is 3.20. The largest absolute Gasteiger partial charge is 0.497 e. The van der Waals surface area contributed by atoms with Crippen LogP contribution in [0.15, 0.2) is 18.2 Å². The summed E-state index contributed by atoms with van der Waals surface area (Å²) >= 11 is 0. The van der Waals surface area contributed by atoms with Gasteiger partial charge in [-0.05, 0) is 38.8 Å². The molecule has 0 saturated carbocycles. The van der Waals surface area contributed by atoms with E-state index in [-0.39, 0.29) is 24.1 Å². The van der Waals surface area contributed by atoms with Crippen molar-refractivity contribution >= 4 is 5.69 Å². The van der Waals surface area contributed by atoms with E-state index in [1.165, 1.54) is 6.07 Å². The van der Waals surface area contributed by atoms with E-state index in [4.69, 9.17) is 9.47 Å². The fraction of sp³-hybridized carbons (Fsp3) is 0.571. The fourth-order valence-corrected chi connectivity index (χ4v) is 2.48. The van der Waals surface area contributed by atoms with Gasteiger partial charge in [-0.3, -0.25) is 0 Å². The number of halogens is 1. The quantitative estimate of drug-likeness (QED) is 0.897. The van der Waals surface area contributed by atoms with E-state index < -0.39 is 0 Å². The molecule has 1 aromatic carbocycles. The van der Waals surface area contributed by atoms with Crippen molar-refractivity contribution < 1.29 is 13.9 Å². The minimum atomic E-state index is -0.248. The van der Waals surface area contributed by atoms with Gasteiger partial charge in [-0.15, -0.1) is 0 Å². The maximum Gasteiger partial charge on any atom is 0.146 e. The number of rotatable bonds is 3. The summed E-state index contributed by atoms with van der Waals surface area (Å²) in [6, 6.07) is 4.98. The monoisotopic (exact) mass is 253 g/mol. The van der Waals surface area contributed by atoms with Crippen molar-refractivity contribution in [2.45, 2.75) is 44.9 Å². The molecule has 1 aliphatic heterocycles.